The number of carbonyl (C=O) groups is 2. The molecule has 0 fully saturated rings. The van der Waals surface area contributed by atoms with Crippen molar-refractivity contribution >= 4 is 33.4 Å². The van der Waals surface area contributed by atoms with E-state index in [0.29, 0.717) is 19.4 Å². The van der Waals surface area contributed by atoms with E-state index in [4.69, 9.17) is 0 Å². The van der Waals surface area contributed by atoms with Crippen molar-refractivity contribution in [2.24, 2.45) is 0 Å². The summed E-state index contributed by atoms with van der Waals surface area (Å²) in [5.74, 6) is -0.00487. The molecule has 128 valence electrons. The summed E-state index contributed by atoms with van der Waals surface area (Å²) in [5.41, 5.74) is 0.776. The van der Waals surface area contributed by atoms with Gasteiger partial charge in [-0.2, -0.15) is 0 Å². The first-order valence-corrected chi connectivity index (χ1v) is 8.78. The van der Waals surface area contributed by atoms with Gasteiger partial charge in [-0.1, -0.05) is 22.9 Å². The van der Waals surface area contributed by atoms with Crippen molar-refractivity contribution in [3.63, 3.8) is 0 Å². The predicted molar refractivity (Wildman–Crippen MR) is 97.4 cm³/mol. The maximum atomic E-state index is 11.9. The Balaban J connectivity index is 2.22. The Morgan fingerprint density at radius 2 is 1.74 bits per heavy atom. The van der Waals surface area contributed by atoms with E-state index in [-0.39, 0.29) is 23.9 Å². The molecule has 0 saturated carbocycles. The lowest BCUT2D eigenvalue weighted by Crippen LogP contribution is -2.36. The molecule has 0 saturated heterocycles. The lowest BCUT2D eigenvalue weighted by atomic mass is 10.2. The van der Waals surface area contributed by atoms with E-state index in [1.165, 1.54) is 0 Å². The van der Waals surface area contributed by atoms with Crippen LogP contribution in [0.5, 0.6) is 0 Å². The molecule has 0 aliphatic rings. The van der Waals surface area contributed by atoms with E-state index in [9.17, 15) is 9.59 Å². The summed E-state index contributed by atoms with van der Waals surface area (Å²) in [4.78, 5) is 23.6. The molecule has 0 aromatic heterocycles. The Kier molecular flexibility index (Phi) is 8.87. The molecule has 1 rings (SSSR count). The normalized spacial score (nSPS) is 13.2. The van der Waals surface area contributed by atoms with Crippen molar-refractivity contribution in [1.29, 1.82) is 0 Å². The van der Waals surface area contributed by atoms with Gasteiger partial charge in [-0.15, -0.1) is 0 Å². The summed E-state index contributed by atoms with van der Waals surface area (Å²) >= 11 is 3.36. The zero-order valence-corrected chi connectivity index (χ0v) is 15.6. The standard InChI is InChI=1S/C17H26BrN3O2/c1-4-12(2)20-16(22)9-10-19-13(3)11-17(23)21-15-7-5-14(18)6-8-15/h5-8,12-13,19H,4,9-11H2,1-3H3,(H,20,22)(H,21,23). The average Bonchev–Trinajstić information content (AvgIpc) is 2.49. The maximum absolute atomic E-state index is 11.9. The fraction of sp³-hybridized carbons (Fsp3) is 0.529. The monoisotopic (exact) mass is 383 g/mol. The summed E-state index contributed by atoms with van der Waals surface area (Å²) in [5, 5.41) is 8.97. The fourth-order valence-corrected chi connectivity index (χ4v) is 2.24. The molecule has 0 aliphatic carbocycles. The Labute approximate surface area is 146 Å². The quantitative estimate of drug-likeness (QED) is 0.613. The smallest absolute Gasteiger partial charge is 0.225 e. The Bertz CT molecular complexity index is 505. The molecular formula is C17H26BrN3O2. The number of carbonyl (C=O) groups excluding carboxylic acids is 2. The highest BCUT2D eigenvalue weighted by atomic mass is 79.9. The van der Waals surface area contributed by atoms with Crippen LogP contribution in [0.15, 0.2) is 28.7 Å². The van der Waals surface area contributed by atoms with Gasteiger partial charge in [0.25, 0.3) is 0 Å². The average molecular weight is 384 g/mol. The molecule has 0 aliphatic heterocycles. The van der Waals surface area contributed by atoms with Gasteiger partial charge in [-0.25, -0.2) is 0 Å². The molecule has 5 nitrogen and oxygen atoms in total. The Morgan fingerprint density at radius 1 is 1.09 bits per heavy atom. The number of rotatable bonds is 9. The van der Waals surface area contributed by atoms with Crippen molar-refractivity contribution in [2.45, 2.75) is 52.1 Å². The Hall–Kier alpha value is -1.40. The van der Waals surface area contributed by atoms with Crippen LogP contribution in [0.25, 0.3) is 0 Å². The van der Waals surface area contributed by atoms with E-state index in [1.54, 1.807) is 0 Å². The lowest BCUT2D eigenvalue weighted by Gasteiger charge is -2.15. The highest BCUT2D eigenvalue weighted by Gasteiger charge is 2.10. The van der Waals surface area contributed by atoms with Crippen LogP contribution in [0.4, 0.5) is 5.69 Å². The third-order valence-electron chi connectivity index (χ3n) is 3.48. The highest BCUT2D eigenvalue weighted by molar-refractivity contribution is 9.10. The molecular weight excluding hydrogens is 358 g/mol. The minimum Gasteiger partial charge on any atom is -0.354 e. The van der Waals surface area contributed by atoms with Gasteiger partial charge in [0.15, 0.2) is 0 Å². The van der Waals surface area contributed by atoms with Crippen LogP contribution in [-0.4, -0.2) is 30.4 Å². The maximum Gasteiger partial charge on any atom is 0.225 e. The minimum atomic E-state index is -0.0450. The van der Waals surface area contributed by atoms with Crippen LogP contribution < -0.4 is 16.0 Å². The second-order valence-corrected chi connectivity index (χ2v) is 6.66. The Morgan fingerprint density at radius 3 is 2.35 bits per heavy atom. The molecule has 1 aromatic carbocycles. The minimum absolute atomic E-state index is 0.0156. The van der Waals surface area contributed by atoms with E-state index >= 15 is 0 Å². The molecule has 3 N–H and O–H groups in total. The third kappa shape index (κ3) is 8.71. The van der Waals surface area contributed by atoms with Gasteiger partial charge < -0.3 is 16.0 Å². The lowest BCUT2D eigenvalue weighted by molar-refractivity contribution is -0.121. The molecule has 2 amide bonds. The number of hydrogen-bond donors (Lipinski definition) is 3. The third-order valence-corrected chi connectivity index (χ3v) is 4.01. The number of amides is 2. The van der Waals surface area contributed by atoms with Gasteiger partial charge in [0.1, 0.15) is 0 Å². The molecule has 0 spiro atoms. The summed E-state index contributed by atoms with van der Waals surface area (Å²) < 4.78 is 0.973. The topological polar surface area (TPSA) is 70.2 Å². The van der Waals surface area contributed by atoms with Gasteiger partial charge in [0, 0.05) is 41.6 Å². The van der Waals surface area contributed by atoms with E-state index < -0.39 is 0 Å². The second-order valence-electron chi connectivity index (χ2n) is 5.74. The largest absolute Gasteiger partial charge is 0.354 e. The van der Waals surface area contributed by atoms with Crippen LogP contribution >= 0.6 is 15.9 Å². The molecule has 0 heterocycles. The molecule has 23 heavy (non-hydrogen) atoms. The number of hydrogen-bond acceptors (Lipinski definition) is 3. The van der Waals surface area contributed by atoms with Gasteiger partial charge in [-0.3, -0.25) is 9.59 Å². The number of nitrogens with one attached hydrogen (secondary N) is 3. The van der Waals surface area contributed by atoms with Crippen LogP contribution in [0.1, 0.15) is 40.0 Å². The van der Waals surface area contributed by atoms with E-state index in [1.807, 2.05) is 45.0 Å². The SMILES string of the molecule is CCC(C)NC(=O)CCNC(C)CC(=O)Nc1ccc(Br)cc1. The molecule has 0 bridgehead atoms. The van der Waals surface area contributed by atoms with Crippen molar-refractivity contribution in [3.8, 4) is 0 Å². The van der Waals surface area contributed by atoms with Crippen molar-refractivity contribution in [3.05, 3.63) is 28.7 Å². The van der Waals surface area contributed by atoms with Gasteiger partial charge in [-0.05, 0) is 44.5 Å². The predicted octanol–water partition coefficient (Wildman–Crippen LogP) is 3.06. The van der Waals surface area contributed by atoms with Crippen molar-refractivity contribution < 1.29 is 9.59 Å². The molecule has 2 atom stereocenters. The first-order chi connectivity index (χ1) is 10.9. The zero-order valence-electron chi connectivity index (χ0n) is 14.0. The van der Waals surface area contributed by atoms with Gasteiger partial charge in [0.05, 0.1) is 0 Å². The van der Waals surface area contributed by atoms with Crippen molar-refractivity contribution in [1.82, 2.24) is 10.6 Å². The summed E-state index contributed by atoms with van der Waals surface area (Å²) in [6.45, 7) is 6.53. The first kappa shape index (κ1) is 19.6. The van der Waals surface area contributed by atoms with Crippen LogP contribution in [0.3, 0.4) is 0 Å². The molecule has 2 unspecified atom stereocenters. The summed E-state index contributed by atoms with van der Waals surface area (Å²) in [6.07, 6.45) is 1.71. The number of anilines is 1. The van der Waals surface area contributed by atoms with Gasteiger partial charge >= 0.3 is 0 Å². The van der Waals surface area contributed by atoms with Crippen LogP contribution in [0, 0.1) is 0 Å². The highest BCUT2D eigenvalue weighted by Crippen LogP contribution is 2.14. The van der Waals surface area contributed by atoms with Gasteiger partial charge in [0.2, 0.25) is 11.8 Å². The van der Waals surface area contributed by atoms with Crippen LogP contribution in [-0.2, 0) is 9.59 Å². The van der Waals surface area contributed by atoms with Crippen molar-refractivity contribution in [2.75, 3.05) is 11.9 Å². The zero-order chi connectivity index (χ0) is 17.2. The summed E-state index contributed by atoms with van der Waals surface area (Å²) in [6, 6.07) is 7.68. The van der Waals surface area contributed by atoms with Crippen LogP contribution in [0.2, 0.25) is 0 Å². The molecule has 6 heteroatoms. The summed E-state index contributed by atoms with van der Waals surface area (Å²) in [7, 11) is 0. The number of halogens is 1. The fourth-order valence-electron chi connectivity index (χ4n) is 1.98. The molecule has 1 aromatic rings. The van der Waals surface area contributed by atoms with E-state index in [2.05, 4.69) is 31.9 Å². The number of benzene rings is 1. The molecule has 0 radical (unpaired) electrons. The first-order valence-electron chi connectivity index (χ1n) is 7.98. The van der Waals surface area contributed by atoms with E-state index in [0.717, 1.165) is 16.6 Å². The second kappa shape index (κ2) is 10.4.